The lowest BCUT2D eigenvalue weighted by molar-refractivity contribution is -0.288. The van der Waals surface area contributed by atoms with Gasteiger partial charge in [0.2, 0.25) is 18.7 Å². The van der Waals surface area contributed by atoms with Crippen molar-refractivity contribution in [2.24, 2.45) is 5.41 Å². The fourth-order valence-corrected chi connectivity index (χ4v) is 3.05. The fraction of sp³-hybridized carbons (Fsp3) is 0.625. The zero-order valence-corrected chi connectivity index (χ0v) is 15.3. The van der Waals surface area contributed by atoms with Crippen LogP contribution in [0.15, 0.2) is 24.3 Å². The summed E-state index contributed by atoms with van der Waals surface area (Å²) in [5.41, 5.74) is -0.608. The second kappa shape index (κ2) is 8.85. The van der Waals surface area contributed by atoms with Crippen LogP contribution in [-0.2, 0) is 28.0 Å². The first-order valence-corrected chi connectivity index (χ1v) is 8.24. The Balaban J connectivity index is 3.27. The van der Waals surface area contributed by atoms with Crippen LogP contribution in [0.3, 0.4) is 0 Å². The molecule has 0 spiro atoms. The molecule has 6 nitrogen and oxygen atoms in total. The summed E-state index contributed by atoms with van der Waals surface area (Å²) in [6.45, 7) is 7.34. The number of hydrogen-bond donors (Lipinski definition) is 0. The molecule has 0 aliphatic carbocycles. The predicted octanol–water partition coefficient (Wildman–Crippen LogP) is 1.87. The highest BCUT2D eigenvalue weighted by molar-refractivity contribution is 8.15. The first-order valence-electron chi connectivity index (χ1n) is 8.01. The lowest BCUT2D eigenvalue weighted by Gasteiger charge is -2.48. The molecule has 0 aromatic carbocycles. The quantitative estimate of drug-likeness (QED) is 0.156. The third kappa shape index (κ3) is 4.30. The second-order valence-electron chi connectivity index (χ2n) is 6.05. The van der Waals surface area contributed by atoms with E-state index in [9.17, 15) is 9.59 Å². The van der Waals surface area contributed by atoms with E-state index in [1.165, 1.54) is 20.3 Å². The summed E-state index contributed by atoms with van der Waals surface area (Å²) in [5.74, 6) is -2.67. The van der Waals surface area contributed by atoms with Gasteiger partial charge in [-0.1, -0.05) is 31.8 Å². The van der Waals surface area contributed by atoms with Gasteiger partial charge in [0.05, 0.1) is 25.2 Å². The first-order chi connectivity index (χ1) is 11.8. The standard InChI is InChI=1S/C16H24BO6S/c1-6-7-12-8-11(9-13(18)20-4)14(19)16(21-5,23-12)15(2,3)10-22-24-17/h6,9,12,17H,1,7-8,10H2,2-5H3/t12-,16-/m1/s1/i17T. The Morgan fingerprint density at radius 1 is 1.62 bits per heavy atom. The van der Waals surface area contributed by atoms with E-state index in [4.69, 9.17) is 15.0 Å². The monoisotopic (exact) mass is 357 g/mol. The van der Waals surface area contributed by atoms with Gasteiger partial charge < -0.3 is 18.4 Å². The third-order valence-corrected chi connectivity index (χ3v) is 4.21. The van der Waals surface area contributed by atoms with Crippen LogP contribution < -0.4 is 0 Å². The Morgan fingerprint density at radius 3 is 2.88 bits per heavy atom. The van der Waals surface area contributed by atoms with Crippen molar-refractivity contribution in [2.45, 2.75) is 38.6 Å². The molecule has 2 atom stereocenters. The molecular weight excluding hydrogens is 331 g/mol. The van der Waals surface area contributed by atoms with Crippen LogP contribution >= 0.6 is 11.9 Å². The molecule has 0 bridgehead atoms. The molecule has 0 unspecified atom stereocenters. The van der Waals surface area contributed by atoms with Gasteiger partial charge in [-0.2, -0.15) is 0 Å². The molecule has 8 heteroatoms. The van der Waals surface area contributed by atoms with Crippen molar-refractivity contribution < 1.29 is 28.0 Å². The minimum atomic E-state index is -1.62. The van der Waals surface area contributed by atoms with Crippen molar-refractivity contribution in [3.8, 4) is 0 Å². The zero-order chi connectivity index (χ0) is 19.1. The van der Waals surface area contributed by atoms with Crippen LogP contribution in [0, 0.1) is 5.41 Å². The average Bonchev–Trinajstić information content (AvgIpc) is 2.57. The van der Waals surface area contributed by atoms with E-state index in [2.05, 4.69) is 11.3 Å². The van der Waals surface area contributed by atoms with Crippen LogP contribution in [-0.4, -0.2) is 52.9 Å². The van der Waals surface area contributed by atoms with Gasteiger partial charge in [-0.05, 0) is 7.76 Å². The first kappa shape index (κ1) is 19.2. The van der Waals surface area contributed by atoms with E-state index in [0.29, 0.717) is 6.42 Å². The summed E-state index contributed by atoms with van der Waals surface area (Å²) >= 11 is 0.850. The summed E-state index contributed by atoms with van der Waals surface area (Å²) in [6.07, 6.45) is 3.24. The number of hydrogen-bond acceptors (Lipinski definition) is 7. The summed E-state index contributed by atoms with van der Waals surface area (Å²) < 4.78 is 28.6. The molecule has 24 heavy (non-hydrogen) atoms. The van der Waals surface area contributed by atoms with Gasteiger partial charge >= 0.3 is 5.97 Å². The number of ketones is 1. The van der Waals surface area contributed by atoms with Gasteiger partial charge in [0.25, 0.3) is 0 Å². The molecule has 1 radical (unpaired) electrons. The van der Waals surface area contributed by atoms with E-state index in [0.717, 1.165) is 19.0 Å². The summed E-state index contributed by atoms with van der Waals surface area (Å²) in [5, 5.41) is 0. The Kier molecular flexibility index (Phi) is 7.09. The van der Waals surface area contributed by atoms with E-state index in [-0.39, 0.29) is 24.7 Å². The Bertz CT molecular complexity index is 539. The molecule has 133 valence electrons. The Morgan fingerprint density at radius 2 is 2.33 bits per heavy atom. The number of rotatable bonds is 9. The molecule has 0 amide bonds. The summed E-state index contributed by atoms with van der Waals surface area (Å²) in [7, 11) is 3.68. The van der Waals surface area contributed by atoms with Crippen molar-refractivity contribution in [3.63, 3.8) is 0 Å². The number of carbonyl (C=O) groups is 2. The van der Waals surface area contributed by atoms with Gasteiger partial charge in [-0.15, -0.1) is 6.58 Å². The number of ether oxygens (including phenoxy) is 3. The van der Waals surface area contributed by atoms with Crippen LogP contribution in [0.25, 0.3) is 0 Å². The van der Waals surface area contributed by atoms with Gasteiger partial charge in [-0.3, -0.25) is 4.79 Å². The molecule has 0 saturated carbocycles. The Labute approximate surface area is 149 Å². The maximum absolute atomic E-state index is 13.1. The van der Waals surface area contributed by atoms with Crippen molar-refractivity contribution in [2.75, 3.05) is 20.8 Å². The topological polar surface area (TPSA) is 71.1 Å². The molecule has 0 N–H and O–H groups in total. The molecule has 1 saturated heterocycles. The van der Waals surface area contributed by atoms with Crippen molar-refractivity contribution in [1.29, 1.82) is 1.34 Å². The average molecular weight is 357 g/mol. The fourth-order valence-electron chi connectivity index (χ4n) is 2.68. The van der Waals surface area contributed by atoms with Gasteiger partial charge in [0.1, 0.15) is 0 Å². The molecule has 1 fully saturated rings. The maximum atomic E-state index is 13.1. The summed E-state index contributed by atoms with van der Waals surface area (Å²) in [6, 6.07) is 0. The number of esters is 1. The molecule has 1 heterocycles. The normalized spacial score (nSPS) is 26.8. The van der Waals surface area contributed by atoms with Gasteiger partial charge in [0.15, 0.2) is 0 Å². The predicted molar refractivity (Wildman–Crippen MR) is 93.6 cm³/mol. The lowest BCUT2D eigenvalue weighted by atomic mass is 9.76. The van der Waals surface area contributed by atoms with Gasteiger partial charge in [0, 0.05) is 25.2 Å². The highest BCUT2D eigenvalue weighted by atomic mass is 32.2. The second-order valence-corrected chi connectivity index (χ2v) is 6.48. The largest absolute Gasteiger partial charge is 0.466 e. The molecular formula is C16H24BO6S. The van der Waals surface area contributed by atoms with Crippen LogP contribution in [0.4, 0.5) is 0 Å². The third-order valence-electron chi connectivity index (χ3n) is 3.96. The van der Waals surface area contributed by atoms with E-state index < -0.39 is 23.0 Å². The smallest absolute Gasteiger partial charge is 0.330 e. The molecule has 0 aromatic rings. The van der Waals surface area contributed by atoms with Crippen LogP contribution in [0.2, 0.25) is 0 Å². The molecule has 0 aromatic heterocycles. The SMILES string of the molecule is [3H][B]SOCC(C)(C)[C@]1(OC)O[C@H](CC=C)CC(=CC(=O)OC)C1=O. The van der Waals surface area contributed by atoms with E-state index >= 15 is 0 Å². The van der Waals surface area contributed by atoms with Crippen LogP contribution in [0.5, 0.6) is 0 Å². The minimum Gasteiger partial charge on any atom is -0.466 e. The highest BCUT2D eigenvalue weighted by Crippen LogP contribution is 2.44. The number of carbonyl (C=O) groups excluding carboxylic acids is 2. The van der Waals surface area contributed by atoms with Gasteiger partial charge in [-0.25, -0.2) is 4.79 Å². The Hall–Kier alpha value is -1.09. The lowest BCUT2D eigenvalue weighted by Crippen LogP contribution is -2.61. The molecule has 1 aliphatic rings. The van der Waals surface area contributed by atoms with E-state index in [1.807, 2.05) is 0 Å². The number of methoxy groups -OCH3 is 2. The van der Waals surface area contributed by atoms with Crippen molar-refractivity contribution in [3.05, 3.63) is 24.3 Å². The highest BCUT2D eigenvalue weighted by Gasteiger charge is 2.57. The maximum Gasteiger partial charge on any atom is 0.330 e. The summed E-state index contributed by atoms with van der Waals surface area (Å²) in [4.78, 5) is 24.7. The minimum absolute atomic E-state index is 0.0962. The molecule has 1 aliphatic heterocycles. The van der Waals surface area contributed by atoms with Crippen LogP contribution in [0.1, 0.15) is 26.7 Å². The van der Waals surface area contributed by atoms with E-state index in [1.54, 1.807) is 19.9 Å². The van der Waals surface area contributed by atoms with Crippen molar-refractivity contribution >= 4 is 30.7 Å². The zero-order valence-electron chi connectivity index (χ0n) is 15.5. The molecule has 1 rings (SSSR count). The number of Topliss-reactive ketones (excluding diaryl/α,β-unsaturated/α-hetero) is 1. The van der Waals surface area contributed by atoms with Crippen molar-refractivity contribution in [1.82, 2.24) is 0 Å².